The molecule has 0 aliphatic carbocycles. The van der Waals surface area contributed by atoms with Gasteiger partial charge in [-0.3, -0.25) is 4.79 Å². The van der Waals surface area contributed by atoms with E-state index in [1.165, 1.54) is 18.2 Å². The van der Waals surface area contributed by atoms with Crippen molar-refractivity contribution in [1.29, 1.82) is 0 Å². The lowest BCUT2D eigenvalue weighted by Gasteiger charge is -2.09. The Morgan fingerprint density at radius 3 is 2.47 bits per heavy atom. The van der Waals surface area contributed by atoms with Gasteiger partial charge in [-0.2, -0.15) is 0 Å². The maximum absolute atomic E-state index is 13.4. The van der Waals surface area contributed by atoms with Gasteiger partial charge in [-0.15, -0.1) is 0 Å². The molecule has 0 spiro atoms. The lowest BCUT2D eigenvalue weighted by molar-refractivity contribution is -0.121. The Balaban J connectivity index is 1.38. The smallest absolute Gasteiger partial charge is 0.335 e. The van der Waals surface area contributed by atoms with E-state index in [1.807, 2.05) is 18.2 Å². The molecule has 1 N–H and O–H groups in total. The van der Waals surface area contributed by atoms with E-state index in [1.54, 1.807) is 47.2 Å². The Morgan fingerprint density at radius 2 is 1.73 bits per heavy atom. The number of fused-ring (bicyclic) bond motifs is 1. The predicted octanol–water partition coefficient (Wildman–Crippen LogP) is 4.79. The Hall–Kier alpha value is -3.93. The van der Waals surface area contributed by atoms with Gasteiger partial charge in [0.2, 0.25) is 0 Å². The molecule has 0 radical (unpaired) electrons. The second kappa shape index (κ2) is 8.21. The van der Waals surface area contributed by atoms with Gasteiger partial charge in [0.25, 0.3) is 0 Å². The maximum atomic E-state index is 13.4. The molecule has 0 aliphatic heterocycles. The summed E-state index contributed by atoms with van der Waals surface area (Å²) in [4.78, 5) is 23.4. The first kappa shape index (κ1) is 19.4. The molecule has 0 unspecified atom stereocenters. The number of halogens is 1. The van der Waals surface area contributed by atoms with Gasteiger partial charge < -0.3 is 14.4 Å². The highest BCUT2D eigenvalue weighted by Gasteiger charge is 2.10. The van der Waals surface area contributed by atoms with Gasteiger partial charge in [-0.05, 0) is 59.7 Å². The van der Waals surface area contributed by atoms with Crippen LogP contribution in [0.15, 0.2) is 79.0 Å². The molecule has 0 bridgehead atoms. The zero-order valence-electron chi connectivity index (χ0n) is 15.9. The molecule has 0 aliphatic rings. The molecule has 5 nitrogen and oxygen atoms in total. The highest BCUT2D eigenvalue weighted by atomic mass is 19.1. The number of benzene rings is 3. The van der Waals surface area contributed by atoms with Crippen LogP contribution in [-0.2, 0) is 11.3 Å². The second-order valence-electron chi connectivity index (χ2n) is 6.88. The largest absolute Gasteiger partial charge is 0.486 e. The fourth-order valence-corrected chi connectivity index (χ4v) is 3.28. The molecule has 0 saturated carbocycles. The van der Waals surface area contributed by atoms with Crippen molar-refractivity contribution in [2.75, 3.05) is 6.61 Å². The zero-order chi connectivity index (χ0) is 21.1. The van der Waals surface area contributed by atoms with Crippen LogP contribution in [0.3, 0.4) is 0 Å². The molecule has 0 amide bonds. The minimum absolute atomic E-state index is 0.0911. The average Bonchev–Trinajstić information content (AvgIpc) is 3.14. The third-order valence-corrected chi connectivity index (χ3v) is 4.78. The van der Waals surface area contributed by atoms with E-state index in [0.717, 1.165) is 22.0 Å². The molecule has 3 aromatic carbocycles. The average molecular weight is 403 g/mol. The summed E-state index contributed by atoms with van der Waals surface area (Å²) >= 11 is 0. The fraction of sp³-hybridized carbons (Fsp3) is 0.0833. The summed E-state index contributed by atoms with van der Waals surface area (Å²) in [6, 6.07) is 20.0. The van der Waals surface area contributed by atoms with E-state index in [2.05, 4.69) is 0 Å². The number of hydrogen-bond donors (Lipinski definition) is 1. The van der Waals surface area contributed by atoms with Crippen molar-refractivity contribution >= 4 is 22.7 Å². The summed E-state index contributed by atoms with van der Waals surface area (Å²) in [5.41, 5.74) is 2.61. The summed E-state index contributed by atoms with van der Waals surface area (Å²) in [6.07, 6.45) is 1.75. The minimum atomic E-state index is -0.988. The highest BCUT2D eigenvalue weighted by molar-refractivity contribution is 5.94. The number of carbonyl (C=O) groups is 2. The molecule has 0 atom stereocenters. The number of carbonyl (C=O) groups excluding carboxylic acids is 1. The lowest BCUT2D eigenvalue weighted by atomic mass is 10.1. The van der Waals surface area contributed by atoms with Crippen molar-refractivity contribution in [3.63, 3.8) is 0 Å². The quantitative estimate of drug-likeness (QED) is 0.482. The SMILES string of the molecule is O=C(COc1ccc(-c2cccc(F)c2)cc1)Cn1ccc2cc(C(=O)O)ccc21. The zero-order valence-corrected chi connectivity index (χ0v) is 15.9. The molecule has 0 saturated heterocycles. The number of Topliss-reactive ketones (excluding diaryl/α,β-unsaturated/α-hetero) is 1. The topological polar surface area (TPSA) is 68.5 Å². The van der Waals surface area contributed by atoms with Crippen LogP contribution < -0.4 is 4.74 Å². The van der Waals surface area contributed by atoms with E-state index in [0.29, 0.717) is 5.75 Å². The van der Waals surface area contributed by atoms with Crippen molar-refractivity contribution < 1.29 is 23.8 Å². The van der Waals surface area contributed by atoms with E-state index < -0.39 is 5.97 Å². The van der Waals surface area contributed by atoms with Gasteiger partial charge in [0, 0.05) is 17.1 Å². The summed E-state index contributed by atoms with van der Waals surface area (Å²) < 4.78 is 20.7. The molecule has 0 fully saturated rings. The second-order valence-corrected chi connectivity index (χ2v) is 6.88. The van der Waals surface area contributed by atoms with Gasteiger partial charge in [0.1, 0.15) is 18.2 Å². The summed E-state index contributed by atoms with van der Waals surface area (Å²) in [5.74, 6) is -0.858. The molecule has 150 valence electrons. The first-order chi connectivity index (χ1) is 14.5. The van der Waals surface area contributed by atoms with Crippen LogP contribution in [0.1, 0.15) is 10.4 Å². The van der Waals surface area contributed by atoms with Crippen LogP contribution in [0.5, 0.6) is 5.75 Å². The number of nitrogens with zero attached hydrogens (tertiary/aromatic N) is 1. The number of carboxylic acid groups (broad SMARTS) is 1. The van der Waals surface area contributed by atoms with E-state index in [9.17, 15) is 14.0 Å². The fourth-order valence-electron chi connectivity index (χ4n) is 3.28. The van der Waals surface area contributed by atoms with Crippen molar-refractivity contribution in [3.05, 3.63) is 90.4 Å². The third kappa shape index (κ3) is 4.22. The Bertz CT molecular complexity index is 1230. The third-order valence-electron chi connectivity index (χ3n) is 4.78. The number of aromatic carboxylic acids is 1. The molecule has 1 aromatic heterocycles. The van der Waals surface area contributed by atoms with Crippen LogP contribution in [-0.4, -0.2) is 28.0 Å². The van der Waals surface area contributed by atoms with Crippen LogP contribution in [0.2, 0.25) is 0 Å². The summed E-state index contributed by atoms with van der Waals surface area (Å²) in [7, 11) is 0. The maximum Gasteiger partial charge on any atom is 0.335 e. The molecule has 30 heavy (non-hydrogen) atoms. The minimum Gasteiger partial charge on any atom is -0.486 e. The van der Waals surface area contributed by atoms with Crippen LogP contribution in [0.4, 0.5) is 4.39 Å². The predicted molar refractivity (Wildman–Crippen MR) is 111 cm³/mol. The number of hydrogen-bond acceptors (Lipinski definition) is 3. The van der Waals surface area contributed by atoms with E-state index in [-0.39, 0.29) is 30.3 Å². The molecular formula is C24H18FNO4. The molecule has 6 heteroatoms. The van der Waals surface area contributed by atoms with Crippen molar-refractivity contribution in [2.45, 2.75) is 6.54 Å². The highest BCUT2D eigenvalue weighted by Crippen LogP contribution is 2.23. The summed E-state index contributed by atoms with van der Waals surface area (Å²) in [5, 5.41) is 9.84. The molecular weight excluding hydrogens is 385 g/mol. The van der Waals surface area contributed by atoms with Crippen molar-refractivity contribution in [1.82, 2.24) is 4.57 Å². The Kier molecular flexibility index (Phi) is 5.30. The van der Waals surface area contributed by atoms with Gasteiger partial charge in [0.05, 0.1) is 12.1 Å². The normalized spacial score (nSPS) is 10.8. The molecule has 1 heterocycles. The molecule has 4 rings (SSSR count). The number of aromatic nitrogens is 1. The van der Waals surface area contributed by atoms with Crippen LogP contribution in [0, 0.1) is 5.82 Å². The standard InChI is InChI=1S/C24H18FNO4/c25-20-3-1-2-17(13-20)16-4-7-22(8-5-16)30-15-21(27)14-26-11-10-18-12-19(24(28)29)6-9-23(18)26/h1-13H,14-15H2,(H,28,29). The number of carboxylic acids is 1. The number of rotatable bonds is 7. The Morgan fingerprint density at radius 1 is 0.933 bits per heavy atom. The summed E-state index contributed by atoms with van der Waals surface area (Å²) in [6.45, 7) is 0.0312. The first-order valence-electron chi connectivity index (χ1n) is 9.32. The number of ketones is 1. The van der Waals surface area contributed by atoms with Gasteiger partial charge in [0.15, 0.2) is 5.78 Å². The monoisotopic (exact) mass is 403 g/mol. The van der Waals surface area contributed by atoms with Gasteiger partial charge in [-0.25, -0.2) is 9.18 Å². The lowest BCUT2D eigenvalue weighted by Crippen LogP contribution is -2.17. The van der Waals surface area contributed by atoms with Crippen LogP contribution in [0.25, 0.3) is 22.0 Å². The van der Waals surface area contributed by atoms with Gasteiger partial charge in [-0.1, -0.05) is 24.3 Å². The van der Waals surface area contributed by atoms with Crippen molar-refractivity contribution in [3.8, 4) is 16.9 Å². The van der Waals surface area contributed by atoms with E-state index >= 15 is 0 Å². The number of ether oxygens (including phenoxy) is 1. The Labute approximate surface area is 172 Å². The van der Waals surface area contributed by atoms with Crippen LogP contribution >= 0.6 is 0 Å². The van der Waals surface area contributed by atoms with E-state index in [4.69, 9.17) is 9.84 Å². The van der Waals surface area contributed by atoms with Crippen molar-refractivity contribution in [2.24, 2.45) is 0 Å². The first-order valence-corrected chi connectivity index (χ1v) is 9.32. The molecule has 4 aromatic rings. The van der Waals surface area contributed by atoms with Gasteiger partial charge >= 0.3 is 5.97 Å².